The molecule has 0 saturated carbocycles. The Bertz CT molecular complexity index is 1010. The third-order valence-electron chi connectivity index (χ3n) is 5.87. The first kappa shape index (κ1) is 21.6. The number of hydrogen-bond donors (Lipinski definition) is 1. The third kappa shape index (κ3) is 4.67. The van der Waals surface area contributed by atoms with Crippen LogP contribution in [0.5, 0.6) is 0 Å². The van der Waals surface area contributed by atoms with Gasteiger partial charge < -0.3 is 14.6 Å². The molecule has 1 unspecified atom stereocenters. The molecule has 31 heavy (non-hydrogen) atoms. The second kappa shape index (κ2) is 9.23. The van der Waals surface area contributed by atoms with Crippen LogP contribution in [0, 0.1) is 0 Å². The molecule has 1 aromatic heterocycles. The first-order chi connectivity index (χ1) is 15.0. The maximum atomic E-state index is 12.9. The van der Waals surface area contributed by atoms with Crippen LogP contribution < -0.4 is 5.32 Å². The molecule has 8 nitrogen and oxygen atoms in total. The van der Waals surface area contributed by atoms with Gasteiger partial charge in [0.2, 0.25) is 15.9 Å². The molecule has 0 radical (unpaired) electrons. The lowest BCUT2D eigenvalue weighted by Gasteiger charge is -2.34. The highest BCUT2D eigenvalue weighted by Gasteiger charge is 2.34. The average Bonchev–Trinajstić information content (AvgIpc) is 3.34. The number of likely N-dealkylation sites (tertiary alicyclic amines) is 1. The van der Waals surface area contributed by atoms with Gasteiger partial charge >= 0.3 is 0 Å². The molecule has 0 aliphatic carbocycles. The van der Waals surface area contributed by atoms with Crippen LogP contribution in [0.4, 0.5) is 5.69 Å². The first-order valence-electron chi connectivity index (χ1n) is 10.7. The van der Waals surface area contributed by atoms with E-state index >= 15 is 0 Å². The second-order valence-corrected chi connectivity index (χ2v) is 9.90. The summed E-state index contributed by atoms with van der Waals surface area (Å²) < 4.78 is 32.3. The minimum absolute atomic E-state index is 0.215. The number of amides is 2. The summed E-state index contributed by atoms with van der Waals surface area (Å²) in [6.45, 7) is 1.58. The Balaban J connectivity index is 1.44. The van der Waals surface area contributed by atoms with Crippen molar-refractivity contribution in [2.75, 3.05) is 25.0 Å². The van der Waals surface area contributed by atoms with E-state index in [2.05, 4.69) is 5.32 Å². The fourth-order valence-corrected chi connectivity index (χ4v) is 5.70. The zero-order valence-electron chi connectivity index (χ0n) is 17.3. The van der Waals surface area contributed by atoms with E-state index < -0.39 is 16.1 Å². The lowest BCUT2D eigenvalue weighted by Crippen LogP contribution is -2.49. The van der Waals surface area contributed by atoms with Gasteiger partial charge in [-0.2, -0.15) is 4.31 Å². The van der Waals surface area contributed by atoms with E-state index in [9.17, 15) is 18.0 Å². The fourth-order valence-electron chi connectivity index (χ4n) is 4.18. The van der Waals surface area contributed by atoms with Crippen LogP contribution in [-0.2, 0) is 14.8 Å². The standard InChI is InChI=1S/C22H27N3O5S/c26-21(19-7-2-5-15-25(19)22(27)20-8-6-16-30-20)23-17-9-11-18(12-10-17)31(28,29)24-13-3-1-4-14-24/h6,8-12,16,19H,1-5,7,13-15H2,(H,23,26). The SMILES string of the molecule is O=C(Nc1ccc(S(=O)(=O)N2CCCCC2)cc1)C1CCCCN1C(=O)c1ccco1. The quantitative estimate of drug-likeness (QED) is 0.762. The van der Waals surface area contributed by atoms with Crippen LogP contribution in [0.1, 0.15) is 49.1 Å². The van der Waals surface area contributed by atoms with Gasteiger partial charge in [0.05, 0.1) is 11.2 Å². The van der Waals surface area contributed by atoms with Gasteiger partial charge in [0.1, 0.15) is 6.04 Å². The third-order valence-corrected chi connectivity index (χ3v) is 7.79. The lowest BCUT2D eigenvalue weighted by atomic mass is 10.0. The Morgan fingerprint density at radius 1 is 0.935 bits per heavy atom. The maximum Gasteiger partial charge on any atom is 0.290 e. The van der Waals surface area contributed by atoms with E-state index in [0.717, 1.165) is 32.1 Å². The number of anilines is 1. The zero-order valence-corrected chi connectivity index (χ0v) is 18.1. The van der Waals surface area contributed by atoms with Crippen molar-refractivity contribution in [2.24, 2.45) is 0 Å². The molecule has 0 bridgehead atoms. The first-order valence-corrected chi connectivity index (χ1v) is 12.2. The molecular formula is C22H27N3O5S. The Morgan fingerprint density at radius 3 is 2.32 bits per heavy atom. The van der Waals surface area contributed by atoms with E-state index in [0.29, 0.717) is 31.7 Å². The molecular weight excluding hydrogens is 418 g/mol. The van der Waals surface area contributed by atoms with Crippen LogP contribution >= 0.6 is 0 Å². The van der Waals surface area contributed by atoms with Gasteiger partial charge in [-0.3, -0.25) is 9.59 Å². The molecule has 1 atom stereocenters. The summed E-state index contributed by atoms with van der Waals surface area (Å²) in [7, 11) is -3.52. The predicted octanol–water partition coefficient (Wildman–Crippen LogP) is 3.09. The summed E-state index contributed by atoms with van der Waals surface area (Å²) in [5, 5.41) is 2.83. The zero-order chi connectivity index (χ0) is 21.8. The van der Waals surface area contributed by atoms with Crippen LogP contribution in [0.15, 0.2) is 52.0 Å². The lowest BCUT2D eigenvalue weighted by molar-refractivity contribution is -0.121. The molecule has 2 aromatic rings. The van der Waals surface area contributed by atoms with Crippen molar-refractivity contribution in [2.45, 2.75) is 49.5 Å². The van der Waals surface area contributed by atoms with E-state index in [1.165, 1.54) is 22.7 Å². The van der Waals surface area contributed by atoms with Crippen molar-refractivity contribution in [3.8, 4) is 0 Å². The number of hydrogen-bond acceptors (Lipinski definition) is 5. The smallest absolute Gasteiger partial charge is 0.290 e. The molecule has 9 heteroatoms. The number of rotatable bonds is 5. The van der Waals surface area contributed by atoms with Crippen molar-refractivity contribution in [1.29, 1.82) is 0 Å². The Labute approximate surface area is 182 Å². The molecule has 4 rings (SSSR count). The monoisotopic (exact) mass is 445 g/mol. The number of nitrogens with one attached hydrogen (secondary N) is 1. The van der Waals surface area contributed by atoms with Crippen molar-refractivity contribution in [1.82, 2.24) is 9.21 Å². The Kier molecular flexibility index (Phi) is 6.43. The van der Waals surface area contributed by atoms with E-state index in [1.807, 2.05) is 0 Å². The molecule has 3 heterocycles. The Morgan fingerprint density at radius 2 is 1.65 bits per heavy atom. The molecule has 2 amide bonds. The summed E-state index contributed by atoms with van der Waals surface area (Å²) in [6, 6.07) is 8.87. The summed E-state index contributed by atoms with van der Waals surface area (Å²) in [5.41, 5.74) is 0.499. The van der Waals surface area contributed by atoms with Gasteiger partial charge in [-0.15, -0.1) is 0 Å². The van der Waals surface area contributed by atoms with Crippen molar-refractivity contribution < 1.29 is 22.4 Å². The fraction of sp³-hybridized carbons (Fsp3) is 0.455. The van der Waals surface area contributed by atoms with Gasteiger partial charge in [-0.05, 0) is 68.5 Å². The minimum Gasteiger partial charge on any atom is -0.459 e. The minimum atomic E-state index is -3.52. The van der Waals surface area contributed by atoms with Gasteiger partial charge in [-0.25, -0.2) is 8.42 Å². The summed E-state index contributed by atoms with van der Waals surface area (Å²) in [5.74, 6) is -0.369. The number of benzene rings is 1. The molecule has 2 aliphatic rings. The van der Waals surface area contributed by atoms with E-state index in [1.54, 1.807) is 29.2 Å². The number of carbonyl (C=O) groups excluding carboxylic acids is 2. The largest absolute Gasteiger partial charge is 0.459 e. The number of sulfonamides is 1. The van der Waals surface area contributed by atoms with Crippen LogP contribution in [0.25, 0.3) is 0 Å². The van der Waals surface area contributed by atoms with Gasteiger partial charge in [0.15, 0.2) is 5.76 Å². The predicted molar refractivity (Wildman–Crippen MR) is 115 cm³/mol. The van der Waals surface area contributed by atoms with Crippen molar-refractivity contribution in [3.05, 3.63) is 48.4 Å². The van der Waals surface area contributed by atoms with Crippen LogP contribution in [0.3, 0.4) is 0 Å². The summed E-state index contributed by atoms with van der Waals surface area (Å²) >= 11 is 0. The molecule has 1 aromatic carbocycles. The normalized spacial score (nSPS) is 20.4. The van der Waals surface area contributed by atoms with Crippen LogP contribution in [0.2, 0.25) is 0 Å². The number of nitrogens with zero attached hydrogens (tertiary/aromatic N) is 2. The van der Waals surface area contributed by atoms with Crippen molar-refractivity contribution in [3.63, 3.8) is 0 Å². The highest BCUT2D eigenvalue weighted by Crippen LogP contribution is 2.24. The van der Waals surface area contributed by atoms with Gasteiger partial charge in [0, 0.05) is 25.3 Å². The highest BCUT2D eigenvalue weighted by atomic mass is 32.2. The topological polar surface area (TPSA) is 99.9 Å². The maximum absolute atomic E-state index is 12.9. The Hall–Kier alpha value is -2.65. The summed E-state index contributed by atoms with van der Waals surface area (Å²) in [4.78, 5) is 27.4. The molecule has 2 aliphatic heterocycles. The number of furan rings is 1. The summed E-state index contributed by atoms with van der Waals surface area (Å²) in [6.07, 6.45) is 6.50. The molecule has 1 N–H and O–H groups in total. The number of piperidine rings is 2. The van der Waals surface area contributed by atoms with E-state index in [4.69, 9.17) is 4.42 Å². The van der Waals surface area contributed by atoms with Crippen LogP contribution in [-0.4, -0.2) is 55.1 Å². The highest BCUT2D eigenvalue weighted by molar-refractivity contribution is 7.89. The van der Waals surface area contributed by atoms with Gasteiger partial charge in [-0.1, -0.05) is 6.42 Å². The second-order valence-electron chi connectivity index (χ2n) is 7.97. The number of carbonyl (C=O) groups is 2. The van der Waals surface area contributed by atoms with Gasteiger partial charge in [0.25, 0.3) is 5.91 Å². The molecule has 166 valence electrons. The molecule has 2 saturated heterocycles. The average molecular weight is 446 g/mol. The molecule has 2 fully saturated rings. The van der Waals surface area contributed by atoms with Crippen molar-refractivity contribution >= 4 is 27.5 Å². The van der Waals surface area contributed by atoms with E-state index in [-0.39, 0.29) is 22.5 Å². The molecule has 0 spiro atoms.